The lowest BCUT2D eigenvalue weighted by Crippen LogP contribution is -2.46. The average molecular weight is 242 g/mol. The van der Waals surface area contributed by atoms with Gasteiger partial charge in [0.25, 0.3) is 0 Å². The fraction of sp³-hybridized carbons (Fsp3) is 0.308. The van der Waals surface area contributed by atoms with Gasteiger partial charge in [-0.15, -0.1) is 0 Å². The molecule has 18 heavy (non-hydrogen) atoms. The summed E-state index contributed by atoms with van der Waals surface area (Å²) in [5.41, 5.74) is 0.832. The van der Waals surface area contributed by atoms with Crippen LogP contribution < -0.4 is 10.0 Å². The van der Waals surface area contributed by atoms with Crippen LogP contribution in [0.15, 0.2) is 24.5 Å². The minimum absolute atomic E-state index is 0.0781. The number of carbonyl (C=O) groups is 1. The van der Waals surface area contributed by atoms with Crippen molar-refractivity contribution >= 4 is 22.7 Å². The lowest BCUT2D eigenvalue weighted by molar-refractivity contribution is -0.255. The fourth-order valence-corrected chi connectivity index (χ4v) is 2.14. The summed E-state index contributed by atoms with van der Waals surface area (Å²) in [4.78, 5) is 21.4. The van der Waals surface area contributed by atoms with Gasteiger partial charge in [0.2, 0.25) is 0 Å². The molecule has 0 aliphatic carbocycles. The first-order valence-corrected chi connectivity index (χ1v) is 5.89. The van der Waals surface area contributed by atoms with Crippen molar-refractivity contribution < 1.29 is 9.90 Å². The highest BCUT2D eigenvalue weighted by Gasteiger charge is 2.24. The first kappa shape index (κ1) is 11.0. The number of carboxylic acids is 1. The second kappa shape index (κ2) is 3.94. The number of pyridine rings is 2. The number of rotatable bonds is 2. The van der Waals surface area contributed by atoms with Crippen molar-refractivity contribution in [3.63, 3.8) is 0 Å². The van der Waals surface area contributed by atoms with E-state index in [1.165, 1.54) is 18.7 Å². The molecule has 92 valence electrons. The van der Waals surface area contributed by atoms with Crippen molar-refractivity contribution in [3.05, 3.63) is 30.1 Å². The van der Waals surface area contributed by atoms with Crippen molar-refractivity contribution in [2.75, 3.05) is 11.4 Å². The molecule has 1 unspecified atom stereocenters. The van der Waals surface area contributed by atoms with E-state index in [-0.39, 0.29) is 5.56 Å². The second-order valence-electron chi connectivity index (χ2n) is 4.58. The topological polar surface area (TPSA) is 69.2 Å². The lowest BCUT2D eigenvalue weighted by Gasteiger charge is -2.39. The molecular formula is C13H12N3O2-. The van der Waals surface area contributed by atoms with Crippen LogP contribution in [0.3, 0.4) is 0 Å². The average Bonchev–Trinajstić information content (AvgIpc) is 2.36. The van der Waals surface area contributed by atoms with Crippen LogP contribution in [-0.2, 0) is 0 Å². The van der Waals surface area contributed by atoms with Gasteiger partial charge in [-0.3, -0.25) is 4.98 Å². The highest BCUT2D eigenvalue weighted by molar-refractivity contribution is 5.91. The molecule has 1 aliphatic heterocycles. The summed E-state index contributed by atoms with van der Waals surface area (Å²) in [6.07, 6.45) is 4.16. The van der Waals surface area contributed by atoms with Gasteiger partial charge in [0, 0.05) is 42.0 Å². The number of fused-ring (bicyclic) bond motifs is 1. The molecule has 0 radical (unpaired) electrons. The van der Waals surface area contributed by atoms with E-state index in [1.807, 2.05) is 6.07 Å². The molecule has 0 saturated carbocycles. The Morgan fingerprint density at radius 1 is 1.39 bits per heavy atom. The molecule has 3 heterocycles. The van der Waals surface area contributed by atoms with Gasteiger partial charge in [-0.2, -0.15) is 0 Å². The maximum atomic E-state index is 10.7. The maximum absolute atomic E-state index is 10.7. The van der Waals surface area contributed by atoms with E-state index in [2.05, 4.69) is 21.8 Å². The first-order chi connectivity index (χ1) is 8.65. The molecule has 1 saturated heterocycles. The molecule has 1 fully saturated rings. The van der Waals surface area contributed by atoms with Crippen LogP contribution in [0.2, 0.25) is 0 Å². The van der Waals surface area contributed by atoms with Gasteiger partial charge in [-0.05, 0) is 19.4 Å². The van der Waals surface area contributed by atoms with Gasteiger partial charge in [0.1, 0.15) is 5.82 Å². The van der Waals surface area contributed by atoms with E-state index >= 15 is 0 Å². The van der Waals surface area contributed by atoms with Crippen LogP contribution in [0, 0.1) is 0 Å². The van der Waals surface area contributed by atoms with Crippen LogP contribution in [0.1, 0.15) is 23.7 Å². The maximum Gasteiger partial charge on any atom is 0.130 e. The molecule has 3 rings (SSSR count). The summed E-state index contributed by atoms with van der Waals surface area (Å²) in [6.45, 7) is 3.17. The predicted molar refractivity (Wildman–Crippen MR) is 65.3 cm³/mol. The Kier molecular flexibility index (Phi) is 2.40. The Hall–Kier alpha value is -2.17. The highest BCUT2D eigenvalue weighted by atomic mass is 16.4. The first-order valence-electron chi connectivity index (χ1n) is 5.89. The molecule has 0 N–H and O–H groups in total. The van der Waals surface area contributed by atoms with Crippen LogP contribution >= 0.6 is 0 Å². The zero-order chi connectivity index (χ0) is 12.7. The molecule has 0 amide bonds. The summed E-state index contributed by atoms with van der Waals surface area (Å²) >= 11 is 0. The van der Waals surface area contributed by atoms with E-state index in [9.17, 15) is 9.90 Å². The number of nitrogens with zero attached hydrogens (tertiary/aromatic N) is 3. The molecule has 1 atom stereocenters. The predicted octanol–water partition coefficient (Wildman–Crippen LogP) is 0.592. The third-order valence-corrected chi connectivity index (χ3v) is 3.40. The van der Waals surface area contributed by atoms with Crippen molar-refractivity contribution in [2.45, 2.75) is 19.4 Å². The molecule has 1 aliphatic rings. The Bertz CT molecular complexity index is 627. The normalized spacial score (nSPS) is 18.7. The number of hydrogen-bond acceptors (Lipinski definition) is 5. The Morgan fingerprint density at radius 2 is 2.22 bits per heavy atom. The number of anilines is 1. The molecule has 5 heteroatoms. The summed E-state index contributed by atoms with van der Waals surface area (Å²) in [5, 5.41) is 11.5. The van der Waals surface area contributed by atoms with Gasteiger partial charge in [0.05, 0.1) is 11.5 Å². The number of carbonyl (C=O) groups excluding carboxylic acids is 1. The van der Waals surface area contributed by atoms with Crippen molar-refractivity contribution in [2.24, 2.45) is 0 Å². The van der Waals surface area contributed by atoms with Crippen LogP contribution in [0.25, 0.3) is 10.9 Å². The Labute approximate surface area is 104 Å². The summed E-state index contributed by atoms with van der Waals surface area (Å²) in [6, 6.07) is 3.94. The zero-order valence-corrected chi connectivity index (χ0v) is 9.96. The highest BCUT2D eigenvalue weighted by Crippen LogP contribution is 2.26. The minimum atomic E-state index is -1.22. The van der Waals surface area contributed by atoms with Crippen molar-refractivity contribution in [3.8, 4) is 0 Å². The van der Waals surface area contributed by atoms with Gasteiger partial charge >= 0.3 is 0 Å². The van der Waals surface area contributed by atoms with Gasteiger partial charge < -0.3 is 14.8 Å². The SMILES string of the molecule is CC1CCN1c1cc2ncc(C(=O)[O-])cc2cn1. The summed E-state index contributed by atoms with van der Waals surface area (Å²) in [7, 11) is 0. The molecule has 2 aromatic rings. The van der Waals surface area contributed by atoms with E-state index in [0.717, 1.165) is 17.9 Å². The van der Waals surface area contributed by atoms with Crippen molar-refractivity contribution in [1.82, 2.24) is 9.97 Å². The molecule has 0 spiro atoms. The third-order valence-electron chi connectivity index (χ3n) is 3.40. The summed E-state index contributed by atoms with van der Waals surface area (Å²) < 4.78 is 0. The number of aromatic carboxylic acids is 1. The zero-order valence-electron chi connectivity index (χ0n) is 9.96. The van der Waals surface area contributed by atoms with E-state index in [0.29, 0.717) is 11.4 Å². The van der Waals surface area contributed by atoms with Crippen LogP contribution in [0.5, 0.6) is 0 Å². The van der Waals surface area contributed by atoms with Gasteiger partial charge in [0.15, 0.2) is 0 Å². The smallest absolute Gasteiger partial charge is 0.130 e. The van der Waals surface area contributed by atoms with E-state index in [4.69, 9.17) is 0 Å². The fourth-order valence-electron chi connectivity index (χ4n) is 2.14. The summed E-state index contributed by atoms with van der Waals surface area (Å²) in [5.74, 6) is -0.320. The van der Waals surface area contributed by atoms with E-state index < -0.39 is 5.97 Å². The van der Waals surface area contributed by atoms with E-state index in [1.54, 1.807) is 6.20 Å². The standard InChI is InChI=1S/C13H13N3O2/c1-8-2-3-16(8)12-5-11-9(6-15-12)4-10(7-14-11)13(17)18/h4-8H,2-3H2,1H3,(H,17,18)/p-1. The number of hydrogen-bond donors (Lipinski definition) is 0. The lowest BCUT2D eigenvalue weighted by atomic mass is 10.1. The second-order valence-corrected chi connectivity index (χ2v) is 4.58. The Morgan fingerprint density at radius 3 is 2.83 bits per heavy atom. The molecule has 0 bridgehead atoms. The van der Waals surface area contributed by atoms with Crippen LogP contribution in [0.4, 0.5) is 5.82 Å². The monoisotopic (exact) mass is 242 g/mol. The molecule has 0 aromatic carbocycles. The quantitative estimate of drug-likeness (QED) is 0.771. The molecule has 2 aromatic heterocycles. The van der Waals surface area contributed by atoms with Crippen LogP contribution in [-0.4, -0.2) is 28.5 Å². The number of aromatic nitrogens is 2. The molecular weight excluding hydrogens is 230 g/mol. The van der Waals surface area contributed by atoms with Crippen molar-refractivity contribution in [1.29, 1.82) is 0 Å². The van der Waals surface area contributed by atoms with Gasteiger partial charge in [-0.25, -0.2) is 4.98 Å². The number of carboxylic acid groups (broad SMARTS) is 1. The van der Waals surface area contributed by atoms with Gasteiger partial charge in [-0.1, -0.05) is 0 Å². The third kappa shape index (κ3) is 1.68. The largest absolute Gasteiger partial charge is 0.545 e. The minimum Gasteiger partial charge on any atom is -0.545 e. The molecule has 5 nitrogen and oxygen atoms in total. The Balaban J connectivity index is 2.03.